The van der Waals surface area contributed by atoms with Crippen molar-refractivity contribution in [2.45, 2.75) is 102 Å². The fourth-order valence-corrected chi connectivity index (χ4v) is 5.63. The van der Waals surface area contributed by atoms with Gasteiger partial charge in [0.2, 0.25) is 0 Å². The highest BCUT2D eigenvalue weighted by Crippen LogP contribution is 2.21. The maximum Gasteiger partial charge on any atom is 0.0545 e. The zero-order valence-electron chi connectivity index (χ0n) is 19.2. The molecule has 0 saturated heterocycles. The monoisotopic (exact) mass is 434 g/mol. The van der Waals surface area contributed by atoms with Gasteiger partial charge in [0.05, 0.1) is 22.8 Å². The molecule has 4 atom stereocenters. The Labute approximate surface area is 192 Å². The summed E-state index contributed by atoms with van der Waals surface area (Å²) in [5, 5.41) is 15.2. The number of nitrogens with one attached hydrogen (secondary N) is 4. The summed E-state index contributed by atoms with van der Waals surface area (Å²) in [5.74, 6) is 0. The lowest BCUT2D eigenvalue weighted by Gasteiger charge is -2.34. The minimum Gasteiger partial charge on any atom is -0.307 e. The Morgan fingerprint density at radius 3 is 1.03 bits per heavy atom. The highest BCUT2D eigenvalue weighted by atomic mass is 15.1. The molecule has 32 heavy (non-hydrogen) atoms. The molecule has 2 aromatic heterocycles. The van der Waals surface area contributed by atoms with Crippen LogP contribution in [0.15, 0.2) is 36.4 Å². The van der Waals surface area contributed by atoms with Crippen molar-refractivity contribution >= 4 is 0 Å². The van der Waals surface area contributed by atoms with E-state index >= 15 is 0 Å². The maximum atomic E-state index is 4.95. The number of hydrogen-bond donors (Lipinski definition) is 4. The summed E-state index contributed by atoms with van der Waals surface area (Å²) >= 11 is 0. The predicted octanol–water partition coefficient (Wildman–Crippen LogP) is 3.17. The van der Waals surface area contributed by atoms with Crippen molar-refractivity contribution in [1.29, 1.82) is 0 Å². The van der Waals surface area contributed by atoms with Crippen LogP contribution in [0.4, 0.5) is 0 Å². The fourth-order valence-electron chi connectivity index (χ4n) is 5.63. The summed E-state index contributed by atoms with van der Waals surface area (Å²) in [6.07, 6.45) is 10.1. The van der Waals surface area contributed by atoms with Crippen LogP contribution in [0.5, 0.6) is 0 Å². The van der Waals surface area contributed by atoms with Gasteiger partial charge in [-0.05, 0) is 49.9 Å². The summed E-state index contributed by atoms with van der Waals surface area (Å²) in [5.41, 5.74) is 4.56. The standard InChI is InChI=1S/C26H38N6/c1-2-12-24-23(11-1)27-15-19-7-5-9-21(31-19)17-29-25-13-3-4-14-26(25)30-18-22-10-6-8-20(32-22)16-28-24/h5-10,23-30H,1-4,11-18H2/t23-,24-,25-,26-/m0/s1. The van der Waals surface area contributed by atoms with Gasteiger partial charge in [0.15, 0.2) is 0 Å². The van der Waals surface area contributed by atoms with Crippen molar-refractivity contribution in [3.8, 4) is 0 Å². The van der Waals surface area contributed by atoms with Crippen LogP contribution in [-0.4, -0.2) is 34.1 Å². The largest absolute Gasteiger partial charge is 0.307 e. The first kappa shape index (κ1) is 22.0. The average molecular weight is 435 g/mol. The second kappa shape index (κ2) is 10.8. The van der Waals surface area contributed by atoms with Gasteiger partial charge < -0.3 is 21.3 Å². The molecule has 1 aliphatic heterocycles. The molecular formula is C26H38N6. The normalized spacial score (nSPS) is 29.8. The van der Waals surface area contributed by atoms with Crippen LogP contribution in [0.1, 0.15) is 74.1 Å². The Kier molecular flexibility index (Phi) is 7.44. The van der Waals surface area contributed by atoms with Crippen LogP contribution in [0, 0.1) is 0 Å². The summed E-state index contributed by atoms with van der Waals surface area (Å²) in [7, 11) is 0. The van der Waals surface area contributed by atoms with E-state index in [1.165, 1.54) is 51.4 Å². The molecule has 3 aliphatic rings. The number of pyridine rings is 2. The highest BCUT2D eigenvalue weighted by molar-refractivity contribution is 5.13. The highest BCUT2D eigenvalue weighted by Gasteiger charge is 2.26. The third-order valence-corrected chi connectivity index (χ3v) is 7.44. The van der Waals surface area contributed by atoms with E-state index in [2.05, 4.69) is 57.7 Å². The van der Waals surface area contributed by atoms with Gasteiger partial charge in [-0.25, -0.2) is 0 Å². The maximum absolute atomic E-state index is 4.95. The minimum absolute atomic E-state index is 0.485. The predicted molar refractivity (Wildman–Crippen MR) is 128 cm³/mol. The number of hydrogen-bond acceptors (Lipinski definition) is 6. The van der Waals surface area contributed by atoms with Crippen LogP contribution in [0.3, 0.4) is 0 Å². The van der Waals surface area contributed by atoms with Crippen molar-refractivity contribution in [1.82, 2.24) is 31.2 Å². The molecule has 4 N–H and O–H groups in total. The lowest BCUT2D eigenvalue weighted by Crippen LogP contribution is -2.50. The van der Waals surface area contributed by atoms with Crippen LogP contribution < -0.4 is 21.3 Å². The molecule has 5 rings (SSSR count). The Bertz CT molecular complexity index is 737. The second-order valence-corrected chi connectivity index (χ2v) is 9.76. The van der Waals surface area contributed by atoms with Gasteiger partial charge in [-0.1, -0.05) is 37.8 Å². The van der Waals surface area contributed by atoms with E-state index in [0.717, 1.165) is 49.0 Å². The molecule has 0 amide bonds. The van der Waals surface area contributed by atoms with E-state index in [9.17, 15) is 0 Å². The third kappa shape index (κ3) is 5.73. The van der Waals surface area contributed by atoms with E-state index in [-0.39, 0.29) is 0 Å². The Balaban J connectivity index is 1.35. The molecule has 6 heteroatoms. The first-order valence-electron chi connectivity index (χ1n) is 12.7. The van der Waals surface area contributed by atoms with E-state index in [0.29, 0.717) is 24.2 Å². The second-order valence-electron chi connectivity index (χ2n) is 9.76. The summed E-state index contributed by atoms with van der Waals surface area (Å²) in [4.78, 5) is 9.91. The molecular weight excluding hydrogens is 396 g/mol. The molecule has 2 saturated carbocycles. The Morgan fingerprint density at radius 1 is 0.469 bits per heavy atom. The Morgan fingerprint density at radius 2 is 0.750 bits per heavy atom. The van der Waals surface area contributed by atoms with Gasteiger partial charge in [-0.15, -0.1) is 0 Å². The zero-order chi connectivity index (χ0) is 21.6. The SMILES string of the molecule is c1cc2nc(c1)CN[C@H]1CCCC[C@@H]1NCc1cccc(n1)CN[C@H]1CCCC[C@@H]1NC2. The van der Waals surface area contributed by atoms with E-state index < -0.39 is 0 Å². The summed E-state index contributed by atoms with van der Waals surface area (Å²) in [6, 6.07) is 14.9. The van der Waals surface area contributed by atoms with Gasteiger partial charge in [0.1, 0.15) is 0 Å². The fraction of sp³-hybridized carbons (Fsp3) is 0.615. The number of aromatic nitrogens is 2. The lowest BCUT2D eigenvalue weighted by atomic mass is 9.90. The van der Waals surface area contributed by atoms with E-state index in [4.69, 9.17) is 9.97 Å². The van der Waals surface area contributed by atoms with Crippen LogP contribution >= 0.6 is 0 Å². The smallest absolute Gasteiger partial charge is 0.0545 e. The van der Waals surface area contributed by atoms with Crippen molar-refractivity contribution in [3.05, 3.63) is 59.2 Å². The molecule has 172 valence electrons. The van der Waals surface area contributed by atoms with Gasteiger partial charge in [-0.3, -0.25) is 9.97 Å². The minimum atomic E-state index is 0.485. The van der Waals surface area contributed by atoms with Crippen LogP contribution in [0.25, 0.3) is 0 Å². The molecule has 0 radical (unpaired) electrons. The van der Waals surface area contributed by atoms with Gasteiger partial charge in [0, 0.05) is 50.3 Å². The first-order valence-corrected chi connectivity index (χ1v) is 12.7. The summed E-state index contributed by atoms with van der Waals surface area (Å²) < 4.78 is 0. The molecule has 6 nitrogen and oxygen atoms in total. The lowest BCUT2D eigenvalue weighted by molar-refractivity contribution is 0.276. The number of fused-ring (bicyclic) bond motifs is 6. The van der Waals surface area contributed by atoms with Crippen molar-refractivity contribution < 1.29 is 0 Å². The first-order chi connectivity index (χ1) is 15.8. The summed E-state index contributed by atoms with van der Waals surface area (Å²) in [6.45, 7) is 3.33. The quantitative estimate of drug-likeness (QED) is 0.510. The average Bonchev–Trinajstić information content (AvgIpc) is 2.85. The van der Waals surface area contributed by atoms with Crippen LogP contribution in [0.2, 0.25) is 0 Å². The molecule has 2 aliphatic carbocycles. The number of nitrogens with zero attached hydrogens (tertiary/aromatic N) is 2. The van der Waals surface area contributed by atoms with E-state index in [1.807, 2.05) is 0 Å². The molecule has 2 aromatic rings. The molecule has 0 unspecified atom stereocenters. The van der Waals surface area contributed by atoms with Gasteiger partial charge in [-0.2, -0.15) is 0 Å². The topological polar surface area (TPSA) is 73.9 Å². The van der Waals surface area contributed by atoms with Crippen molar-refractivity contribution in [3.63, 3.8) is 0 Å². The van der Waals surface area contributed by atoms with Crippen molar-refractivity contribution in [2.75, 3.05) is 0 Å². The molecule has 0 spiro atoms. The molecule has 3 heterocycles. The van der Waals surface area contributed by atoms with Crippen molar-refractivity contribution in [2.24, 2.45) is 0 Å². The van der Waals surface area contributed by atoms with E-state index in [1.54, 1.807) is 0 Å². The van der Waals surface area contributed by atoms with Crippen LogP contribution in [-0.2, 0) is 26.2 Å². The van der Waals surface area contributed by atoms with Gasteiger partial charge >= 0.3 is 0 Å². The molecule has 4 bridgehead atoms. The third-order valence-electron chi connectivity index (χ3n) is 7.44. The molecule has 0 aromatic carbocycles. The Hall–Kier alpha value is -1.86. The van der Waals surface area contributed by atoms with Gasteiger partial charge in [0.25, 0.3) is 0 Å². The zero-order valence-corrected chi connectivity index (χ0v) is 19.2. The molecule has 2 fully saturated rings. The number of rotatable bonds is 0.